The molecule has 0 unspecified atom stereocenters. The van der Waals surface area contributed by atoms with E-state index in [1.807, 2.05) is 0 Å². The number of carbonyl (C=O) groups excluding carboxylic acids is 2. The van der Waals surface area contributed by atoms with Crippen molar-refractivity contribution in [3.05, 3.63) is 93.9 Å². The molecular formula is C34H23N5Na4O16S4. The molecule has 0 aromatic heterocycles. The summed E-state index contributed by atoms with van der Waals surface area (Å²) in [5.41, 5.74) is 8.82. The Morgan fingerprint density at radius 2 is 1.13 bits per heavy atom. The third-order valence-corrected chi connectivity index (χ3v) is 12.0. The molecule has 0 bridgehead atoms. The average Bonchev–Trinajstić information content (AvgIpc) is 3.15. The zero-order valence-electron chi connectivity index (χ0n) is 33.6. The van der Waals surface area contributed by atoms with Gasteiger partial charge in [0.05, 0.1) is 51.5 Å². The summed E-state index contributed by atoms with van der Waals surface area (Å²) < 4.78 is 152. The van der Waals surface area contributed by atoms with Gasteiger partial charge >= 0.3 is 118 Å². The Morgan fingerprint density at radius 1 is 0.603 bits per heavy atom. The van der Waals surface area contributed by atoms with Crippen LogP contribution in [0.4, 0.5) is 17.1 Å². The number of allylic oxidation sites excluding steroid dienone is 2. The number of fused-ring (bicyclic) bond motifs is 2. The Hall–Kier alpha value is -2.32. The van der Waals surface area contributed by atoms with Gasteiger partial charge in [0.25, 0.3) is 0 Å². The number of nitrogens with two attached hydrogens (primary N) is 1. The van der Waals surface area contributed by atoms with Gasteiger partial charge in [0.15, 0.2) is 0 Å². The van der Waals surface area contributed by atoms with E-state index in [1.54, 1.807) is 18.2 Å². The Morgan fingerprint density at radius 3 is 1.60 bits per heavy atom. The molecule has 2 aliphatic rings. The Balaban J connectivity index is 0.00000341. The van der Waals surface area contributed by atoms with Gasteiger partial charge in [0.1, 0.15) is 68.3 Å². The molecule has 29 heteroatoms. The van der Waals surface area contributed by atoms with Gasteiger partial charge in [0.2, 0.25) is 11.6 Å². The quantitative estimate of drug-likeness (QED) is 0.0544. The number of nitrogens with zero attached hydrogens (tertiary/aromatic N) is 2. The van der Waals surface area contributed by atoms with Gasteiger partial charge in [-0.2, -0.15) is 10.2 Å². The normalized spacial score (nSPS) is 14.7. The number of nitrogens with one attached hydrogen (secondary N) is 2. The summed E-state index contributed by atoms with van der Waals surface area (Å²) in [5.74, 6) is -2.13. The number of rotatable bonds is 11. The van der Waals surface area contributed by atoms with Crippen molar-refractivity contribution in [3.63, 3.8) is 0 Å². The van der Waals surface area contributed by atoms with Crippen LogP contribution in [-0.2, 0) is 45.3 Å². The van der Waals surface area contributed by atoms with Gasteiger partial charge in [-0.05, 0) is 71.3 Å². The van der Waals surface area contributed by atoms with Crippen molar-refractivity contribution in [1.82, 2.24) is 0 Å². The maximum Gasteiger partial charge on any atom is 1.00 e. The second-order valence-corrected chi connectivity index (χ2v) is 17.6. The van der Waals surface area contributed by atoms with Crippen molar-refractivity contribution >= 4 is 92.7 Å². The zero-order chi connectivity index (χ0) is 43.4. The largest absolute Gasteiger partial charge is 1.00 e. The van der Waals surface area contributed by atoms with Gasteiger partial charge in [-0.15, -0.1) is 0 Å². The molecule has 308 valence electrons. The van der Waals surface area contributed by atoms with Crippen molar-refractivity contribution in [2.75, 3.05) is 30.8 Å². The Kier molecular flexibility index (Phi) is 19.4. The molecule has 0 spiro atoms. The van der Waals surface area contributed by atoms with E-state index in [1.165, 1.54) is 32.4 Å². The van der Waals surface area contributed by atoms with Crippen molar-refractivity contribution in [1.29, 1.82) is 0 Å². The van der Waals surface area contributed by atoms with Crippen LogP contribution in [-0.4, -0.2) is 89.1 Å². The van der Waals surface area contributed by atoms with E-state index in [0.29, 0.717) is 23.3 Å². The predicted molar refractivity (Wildman–Crippen MR) is 203 cm³/mol. The van der Waals surface area contributed by atoms with E-state index in [0.717, 1.165) is 30.4 Å². The van der Waals surface area contributed by atoms with Crippen LogP contribution in [0.5, 0.6) is 11.5 Å². The molecule has 63 heavy (non-hydrogen) atoms. The van der Waals surface area contributed by atoms with Crippen molar-refractivity contribution < 1.29 is 189 Å². The summed E-state index contributed by atoms with van der Waals surface area (Å²) in [6.45, 7) is 0. The maximum absolute atomic E-state index is 13.4. The smallest absolute Gasteiger partial charge is 0.744 e. The summed E-state index contributed by atoms with van der Waals surface area (Å²) in [7, 11) is -18.6. The first-order chi connectivity index (χ1) is 27.4. The van der Waals surface area contributed by atoms with E-state index in [2.05, 4.69) is 21.1 Å². The van der Waals surface area contributed by atoms with Crippen LogP contribution in [0, 0.1) is 0 Å². The third-order valence-electron chi connectivity index (χ3n) is 8.62. The number of nitrogen functional groups attached to an aromatic ring is 1. The van der Waals surface area contributed by atoms with Crippen molar-refractivity contribution in [2.24, 2.45) is 10.2 Å². The number of Topliss-reactive ketones (excluding diaryl/α,β-unsaturated/α-hetero) is 2. The molecule has 4 N–H and O–H groups in total. The fourth-order valence-electron chi connectivity index (χ4n) is 5.88. The van der Waals surface area contributed by atoms with E-state index in [-0.39, 0.29) is 152 Å². The Labute approximate surface area is 448 Å². The number of ketones is 2. The van der Waals surface area contributed by atoms with Gasteiger partial charge in [0, 0.05) is 11.1 Å². The summed E-state index contributed by atoms with van der Waals surface area (Å²) in [6, 6.07) is 12.2. The molecule has 0 atom stereocenters. The van der Waals surface area contributed by atoms with Crippen LogP contribution in [0.25, 0.3) is 23.3 Å². The fraction of sp³-hybridized carbons (Fsp3) is 0.0588. The second kappa shape index (κ2) is 21.5. The summed E-state index contributed by atoms with van der Waals surface area (Å²) in [6.07, 6.45) is 2.68. The van der Waals surface area contributed by atoms with E-state index in [9.17, 15) is 61.5 Å². The molecule has 0 aliphatic heterocycles. The van der Waals surface area contributed by atoms with Gasteiger partial charge < -0.3 is 33.4 Å². The molecular weight excluding hydrogens is 955 g/mol. The molecule has 0 heterocycles. The molecule has 0 radical (unpaired) electrons. The van der Waals surface area contributed by atoms with Crippen LogP contribution in [0.15, 0.2) is 96.5 Å². The predicted octanol–water partition coefficient (Wildman–Crippen LogP) is -10.4. The number of anilines is 3. The number of ether oxygens (including phenoxy) is 2. The molecule has 4 aromatic rings. The molecule has 0 amide bonds. The van der Waals surface area contributed by atoms with Crippen LogP contribution >= 0.6 is 0 Å². The van der Waals surface area contributed by atoms with Crippen LogP contribution in [0.2, 0.25) is 0 Å². The van der Waals surface area contributed by atoms with Gasteiger partial charge in [-0.1, -0.05) is 24.3 Å². The number of hydrogen-bond acceptors (Lipinski definition) is 21. The monoisotopic (exact) mass is 977 g/mol. The SMILES string of the molecule is COc1cc(-c2ccc(NN=C3C(=O)C(S(=O)(=O)[O-])=Cc4cc(S(=O)(=O)[O-])ccc43)c(OC)c2)ccc1NN=C1C=Cc2c(S(=O)(=O)[O-])cc(S(=O)(=O)[O-])c(N)c2C1=O.[Na+].[Na+].[Na+].[Na+]. The molecule has 2 aliphatic carbocycles. The standard InChI is InChI=1S/C34H27N5O16S4.4Na/c1-54-25-12-16(3-8-22(25)36-38-24-10-7-21-27(57(45,46)47)15-28(58(48,49)50)31(35)30(21)33(24)40)17-4-9-23(26(13-17)55-2)37-39-32-20-6-5-19(56(42,43)44)11-18(20)14-29(34(32)41)59(51,52)53;;;;/h3-15,36-37H,35H2,1-2H3,(H,42,43,44)(H,45,46,47)(H,48,49,50)(H,51,52,53);;;;/q;4*+1/p-4. The minimum absolute atomic E-state index is 0. The van der Waals surface area contributed by atoms with Crippen LogP contribution in [0.3, 0.4) is 0 Å². The average molecular weight is 978 g/mol. The number of hydrazone groups is 2. The van der Waals surface area contributed by atoms with Gasteiger partial charge in [-0.25, -0.2) is 33.7 Å². The Bertz CT molecular complexity index is 3140. The van der Waals surface area contributed by atoms with E-state index >= 15 is 0 Å². The molecule has 4 aromatic carbocycles. The number of hydrogen-bond donors (Lipinski definition) is 3. The van der Waals surface area contributed by atoms with Crippen LogP contribution < -0.4 is 144 Å². The molecule has 6 rings (SSSR count). The van der Waals surface area contributed by atoms with Crippen molar-refractivity contribution in [2.45, 2.75) is 14.7 Å². The van der Waals surface area contributed by atoms with E-state index in [4.69, 9.17) is 15.2 Å². The first kappa shape index (κ1) is 56.8. The first-order valence-corrected chi connectivity index (χ1v) is 21.5. The topological polar surface area (TPSA) is 356 Å². The molecule has 0 fully saturated rings. The second-order valence-electron chi connectivity index (χ2n) is 12.2. The van der Waals surface area contributed by atoms with Crippen LogP contribution in [0.1, 0.15) is 27.0 Å². The number of carbonyl (C=O) groups is 2. The summed E-state index contributed by atoms with van der Waals surface area (Å²) >= 11 is 0. The fourth-order valence-corrected chi connectivity index (χ4v) is 8.39. The molecule has 0 saturated heterocycles. The van der Waals surface area contributed by atoms with Gasteiger partial charge in [-0.3, -0.25) is 20.4 Å². The molecule has 0 saturated carbocycles. The van der Waals surface area contributed by atoms with Crippen molar-refractivity contribution in [3.8, 4) is 22.6 Å². The summed E-state index contributed by atoms with van der Waals surface area (Å²) in [4.78, 5) is 22.0. The number of benzene rings is 4. The summed E-state index contributed by atoms with van der Waals surface area (Å²) in [5, 5.41) is 8.00. The zero-order valence-corrected chi connectivity index (χ0v) is 44.9. The minimum atomic E-state index is -5.43. The van der Waals surface area contributed by atoms with E-state index < -0.39 is 99.9 Å². The maximum atomic E-state index is 13.4. The molecule has 21 nitrogen and oxygen atoms in total. The number of methoxy groups -OCH3 is 2. The minimum Gasteiger partial charge on any atom is -0.744 e. The third kappa shape index (κ3) is 12.2. The first-order valence-electron chi connectivity index (χ1n) is 15.9.